The summed E-state index contributed by atoms with van der Waals surface area (Å²) in [5.41, 5.74) is 1.40. The molecule has 0 radical (unpaired) electrons. The number of carbonyl (C=O) groups excluding carboxylic acids is 1. The molecular weight excluding hydrogens is 296 g/mol. The van der Waals surface area contributed by atoms with E-state index in [0.717, 1.165) is 5.56 Å². The van der Waals surface area contributed by atoms with Gasteiger partial charge in [-0.05, 0) is 30.4 Å². The van der Waals surface area contributed by atoms with Gasteiger partial charge in [-0.2, -0.15) is 5.10 Å². The number of allylic oxidation sites excluding steroid dienone is 1. The van der Waals surface area contributed by atoms with E-state index in [1.807, 2.05) is 13.2 Å². The van der Waals surface area contributed by atoms with E-state index >= 15 is 0 Å². The minimum absolute atomic E-state index is 0.115. The quantitative estimate of drug-likeness (QED) is 0.425. The minimum Gasteiger partial charge on any atom is -0.493 e. The average Bonchev–Trinajstić information content (AvgIpc) is 2.98. The molecule has 0 fully saturated rings. The smallest absolute Gasteiger partial charge is 0.185 e. The third-order valence-electron chi connectivity index (χ3n) is 3.15. The van der Waals surface area contributed by atoms with Crippen molar-refractivity contribution in [3.8, 4) is 11.5 Å². The first-order valence-corrected chi connectivity index (χ1v) is 7.15. The van der Waals surface area contributed by atoms with Gasteiger partial charge in [-0.1, -0.05) is 0 Å². The normalized spacial score (nSPS) is 10.9. The van der Waals surface area contributed by atoms with E-state index in [-0.39, 0.29) is 5.78 Å². The summed E-state index contributed by atoms with van der Waals surface area (Å²) >= 11 is 0. The summed E-state index contributed by atoms with van der Waals surface area (Å²) in [6.07, 6.45) is 6.76. The first-order valence-electron chi connectivity index (χ1n) is 7.15. The predicted octanol–water partition coefficient (Wildman–Crippen LogP) is 2.35. The summed E-state index contributed by atoms with van der Waals surface area (Å²) in [5.74, 6) is 0.981. The van der Waals surface area contributed by atoms with E-state index in [0.29, 0.717) is 30.3 Å². The summed E-state index contributed by atoms with van der Waals surface area (Å²) in [6, 6.07) is 5.10. The zero-order valence-corrected chi connectivity index (χ0v) is 13.5. The van der Waals surface area contributed by atoms with Crippen molar-refractivity contribution in [2.75, 3.05) is 27.4 Å². The number of carbonyl (C=O) groups is 1. The van der Waals surface area contributed by atoms with Crippen LogP contribution in [0.2, 0.25) is 0 Å². The minimum atomic E-state index is -0.115. The van der Waals surface area contributed by atoms with Crippen LogP contribution in [0.5, 0.6) is 11.5 Å². The highest BCUT2D eigenvalue weighted by Crippen LogP contribution is 2.28. The van der Waals surface area contributed by atoms with Gasteiger partial charge in [-0.15, -0.1) is 0 Å². The third kappa shape index (κ3) is 4.69. The maximum absolute atomic E-state index is 12.2. The van der Waals surface area contributed by atoms with Gasteiger partial charge in [-0.25, -0.2) is 0 Å². The summed E-state index contributed by atoms with van der Waals surface area (Å²) in [6.45, 7) is 0.902. The van der Waals surface area contributed by atoms with Gasteiger partial charge >= 0.3 is 0 Å². The van der Waals surface area contributed by atoms with Crippen LogP contribution in [-0.4, -0.2) is 43.0 Å². The number of aryl methyl sites for hydroxylation is 1. The predicted molar refractivity (Wildman–Crippen MR) is 86.9 cm³/mol. The molecule has 0 unspecified atom stereocenters. The van der Waals surface area contributed by atoms with Gasteiger partial charge in [0.2, 0.25) is 0 Å². The lowest BCUT2D eigenvalue weighted by Gasteiger charge is -2.11. The van der Waals surface area contributed by atoms with Crippen molar-refractivity contribution in [2.24, 2.45) is 7.05 Å². The van der Waals surface area contributed by atoms with Crippen molar-refractivity contribution in [2.45, 2.75) is 0 Å². The van der Waals surface area contributed by atoms with Gasteiger partial charge < -0.3 is 14.2 Å². The Kier molecular flexibility index (Phi) is 5.94. The number of benzene rings is 1. The Morgan fingerprint density at radius 1 is 1.26 bits per heavy atom. The molecule has 0 aliphatic carbocycles. The van der Waals surface area contributed by atoms with Crippen LogP contribution in [0.3, 0.4) is 0 Å². The Bertz CT molecular complexity index is 692. The fourth-order valence-corrected chi connectivity index (χ4v) is 1.97. The van der Waals surface area contributed by atoms with E-state index in [1.54, 1.807) is 42.3 Å². The molecule has 2 rings (SSSR count). The molecule has 1 aromatic heterocycles. The van der Waals surface area contributed by atoms with Crippen molar-refractivity contribution in [1.29, 1.82) is 0 Å². The molecule has 6 nitrogen and oxygen atoms in total. The van der Waals surface area contributed by atoms with Gasteiger partial charge in [-0.3, -0.25) is 9.48 Å². The fraction of sp³-hybridized carbons (Fsp3) is 0.294. The van der Waals surface area contributed by atoms with E-state index in [1.165, 1.54) is 13.2 Å². The molecule has 0 saturated carbocycles. The van der Waals surface area contributed by atoms with Gasteiger partial charge in [0.05, 0.1) is 19.9 Å². The van der Waals surface area contributed by atoms with E-state index < -0.39 is 0 Å². The fourth-order valence-electron chi connectivity index (χ4n) is 1.97. The number of ether oxygens (including phenoxy) is 3. The number of methoxy groups -OCH3 is 2. The first kappa shape index (κ1) is 16.8. The third-order valence-corrected chi connectivity index (χ3v) is 3.15. The summed E-state index contributed by atoms with van der Waals surface area (Å²) in [4.78, 5) is 12.2. The lowest BCUT2D eigenvalue weighted by Crippen LogP contribution is -2.06. The number of ketones is 1. The van der Waals surface area contributed by atoms with Crippen LogP contribution in [-0.2, 0) is 11.8 Å². The summed E-state index contributed by atoms with van der Waals surface area (Å²) in [5, 5.41) is 4.05. The molecule has 1 aromatic carbocycles. The van der Waals surface area contributed by atoms with E-state index in [4.69, 9.17) is 14.2 Å². The van der Waals surface area contributed by atoms with E-state index in [9.17, 15) is 4.79 Å². The number of aromatic nitrogens is 2. The van der Waals surface area contributed by atoms with Crippen molar-refractivity contribution in [3.05, 3.63) is 47.8 Å². The van der Waals surface area contributed by atoms with E-state index in [2.05, 4.69) is 5.10 Å². The average molecular weight is 316 g/mol. The number of nitrogens with zero attached hydrogens (tertiary/aromatic N) is 2. The lowest BCUT2D eigenvalue weighted by atomic mass is 10.1. The second-order valence-corrected chi connectivity index (χ2v) is 4.85. The second kappa shape index (κ2) is 8.14. The zero-order chi connectivity index (χ0) is 16.7. The topological polar surface area (TPSA) is 62.6 Å². The SMILES string of the molecule is COCCOc1ccc(C(=O)C=Cc2cnn(C)c2)cc1OC. The second-order valence-electron chi connectivity index (χ2n) is 4.85. The zero-order valence-electron chi connectivity index (χ0n) is 13.5. The highest BCUT2D eigenvalue weighted by Gasteiger charge is 2.09. The molecule has 0 saturated heterocycles. The van der Waals surface area contributed by atoms with Crippen LogP contribution in [0.15, 0.2) is 36.7 Å². The Hall–Kier alpha value is -2.60. The molecule has 0 aliphatic rings. The van der Waals surface area contributed by atoms with Gasteiger partial charge in [0.15, 0.2) is 17.3 Å². The molecule has 0 N–H and O–H groups in total. The van der Waals surface area contributed by atoms with Gasteiger partial charge in [0.1, 0.15) is 6.61 Å². The molecule has 0 bridgehead atoms. The Labute approximate surface area is 135 Å². The number of hydrogen-bond donors (Lipinski definition) is 0. The van der Waals surface area contributed by atoms with Crippen LogP contribution < -0.4 is 9.47 Å². The van der Waals surface area contributed by atoms with Crippen LogP contribution in [0.4, 0.5) is 0 Å². The molecule has 1 heterocycles. The van der Waals surface area contributed by atoms with Crippen molar-refractivity contribution in [1.82, 2.24) is 9.78 Å². The molecule has 23 heavy (non-hydrogen) atoms. The Morgan fingerprint density at radius 2 is 2.09 bits per heavy atom. The molecule has 0 amide bonds. The highest BCUT2D eigenvalue weighted by molar-refractivity contribution is 6.07. The molecular formula is C17H20N2O4. The molecule has 6 heteroatoms. The molecule has 0 aliphatic heterocycles. The van der Waals surface area contributed by atoms with Crippen molar-refractivity contribution >= 4 is 11.9 Å². The Morgan fingerprint density at radius 3 is 2.74 bits per heavy atom. The molecule has 0 atom stereocenters. The van der Waals surface area contributed by atoms with Crippen molar-refractivity contribution < 1.29 is 19.0 Å². The largest absolute Gasteiger partial charge is 0.493 e. The van der Waals surface area contributed by atoms with Crippen molar-refractivity contribution in [3.63, 3.8) is 0 Å². The monoisotopic (exact) mass is 316 g/mol. The van der Waals surface area contributed by atoms with Crippen LogP contribution in [0.25, 0.3) is 6.08 Å². The number of hydrogen-bond acceptors (Lipinski definition) is 5. The first-order chi connectivity index (χ1) is 11.1. The van der Waals surface area contributed by atoms with Gasteiger partial charge in [0, 0.05) is 31.5 Å². The van der Waals surface area contributed by atoms with Gasteiger partial charge in [0.25, 0.3) is 0 Å². The standard InChI is InChI=1S/C17H20N2O4/c1-19-12-13(11-18-19)4-6-15(20)14-5-7-16(17(10-14)22-3)23-9-8-21-2/h4-7,10-12H,8-9H2,1-3H3. The van der Waals surface area contributed by atoms with Crippen LogP contribution in [0, 0.1) is 0 Å². The Balaban J connectivity index is 2.09. The summed E-state index contributed by atoms with van der Waals surface area (Å²) < 4.78 is 17.4. The van der Waals surface area contributed by atoms with Crippen LogP contribution >= 0.6 is 0 Å². The number of rotatable bonds is 8. The maximum atomic E-state index is 12.2. The molecule has 0 spiro atoms. The lowest BCUT2D eigenvalue weighted by molar-refractivity contribution is 0.104. The maximum Gasteiger partial charge on any atom is 0.185 e. The van der Waals surface area contributed by atoms with Crippen LogP contribution in [0.1, 0.15) is 15.9 Å². The molecule has 122 valence electrons. The molecule has 2 aromatic rings. The highest BCUT2D eigenvalue weighted by atomic mass is 16.5. The summed E-state index contributed by atoms with van der Waals surface area (Å²) in [7, 11) is 4.97.